The molecular weight excluding hydrogens is 246 g/mol. The van der Waals surface area contributed by atoms with Crippen LogP contribution in [0.15, 0.2) is 12.1 Å². The highest BCUT2D eigenvalue weighted by Crippen LogP contribution is 2.48. The first kappa shape index (κ1) is 12.2. The van der Waals surface area contributed by atoms with E-state index < -0.39 is 0 Å². The fourth-order valence-electron chi connectivity index (χ4n) is 3.68. The van der Waals surface area contributed by atoms with Crippen LogP contribution in [-0.2, 0) is 0 Å². The molecule has 2 aliphatic rings. The molecule has 2 saturated carbocycles. The number of hydrogen-bond donors (Lipinski definition) is 2. The third-order valence-corrected chi connectivity index (χ3v) is 5.56. The molecule has 4 atom stereocenters. The summed E-state index contributed by atoms with van der Waals surface area (Å²) in [6.45, 7) is 2.21. The normalized spacial score (nSPS) is 33.9. The van der Waals surface area contributed by atoms with Gasteiger partial charge in [0.1, 0.15) is 0 Å². The topological polar surface area (TPSA) is 49.3 Å². The Bertz CT molecular complexity index is 456. The highest BCUT2D eigenvalue weighted by Gasteiger charge is 2.47. The number of amides is 1. The van der Waals surface area contributed by atoms with Crippen LogP contribution in [0.25, 0.3) is 0 Å². The Morgan fingerprint density at radius 3 is 2.89 bits per heavy atom. The number of thiophene rings is 1. The number of fused-ring (bicyclic) bond motifs is 2. The van der Waals surface area contributed by atoms with Gasteiger partial charge in [-0.3, -0.25) is 4.79 Å². The van der Waals surface area contributed by atoms with Crippen molar-refractivity contribution in [1.29, 1.82) is 0 Å². The van der Waals surface area contributed by atoms with E-state index in [9.17, 15) is 9.90 Å². The zero-order valence-electron chi connectivity index (χ0n) is 10.6. The Hall–Kier alpha value is -0.870. The molecule has 2 fully saturated rings. The van der Waals surface area contributed by atoms with Crippen LogP contribution in [0, 0.1) is 24.7 Å². The number of rotatable bonds is 3. The van der Waals surface area contributed by atoms with Crippen LogP contribution in [0.3, 0.4) is 0 Å². The van der Waals surface area contributed by atoms with Crippen molar-refractivity contribution in [3.63, 3.8) is 0 Å². The predicted molar refractivity (Wildman–Crippen MR) is 71.7 cm³/mol. The third-order valence-electron chi connectivity index (χ3n) is 4.56. The second-order valence-electron chi connectivity index (χ2n) is 5.59. The third kappa shape index (κ3) is 1.97. The average Bonchev–Trinajstić information content (AvgIpc) is 3.03. The van der Waals surface area contributed by atoms with Gasteiger partial charge in [0, 0.05) is 23.4 Å². The zero-order chi connectivity index (χ0) is 12.7. The summed E-state index contributed by atoms with van der Waals surface area (Å²) in [5.74, 6) is 1.50. The molecule has 3 rings (SSSR count). The zero-order valence-corrected chi connectivity index (χ0v) is 11.4. The van der Waals surface area contributed by atoms with Crippen molar-refractivity contribution >= 4 is 17.2 Å². The van der Waals surface area contributed by atoms with Gasteiger partial charge < -0.3 is 10.4 Å². The Kier molecular flexibility index (Phi) is 3.16. The van der Waals surface area contributed by atoms with Gasteiger partial charge in [-0.05, 0) is 50.2 Å². The lowest BCUT2D eigenvalue weighted by Gasteiger charge is -2.30. The van der Waals surface area contributed by atoms with Crippen LogP contribution in [0.5, 0.6) is 0 Å². The first-order valence-corrected chi connectivity index (χ1v) is 7.49. The Morgan fingerprint density at radius 2 is 2.22 bits per heavy atom. The summed E-state index contributed by atoms with van der Waals surface area (Å²) in [5.41, 5.74) is 0. The second-order valence-corrected chi connectivity index (χ2v) is 6.88. The smallest absolute Gasteiger partial charge is 0.261 e. The molecule has 0 aliphatic heterocycles. The average molecular weight is 265 g/mol. The summed E-state index contributed by atoms with van der Waals surface area (Å²) in [5, 5.41) is 12.6. The number of aryl methyl sites for hydroxylation is 1. The number of hydrogen-bond acceptors (Lipinski definition) is 3. The van der Waals surface area contributed by atoms with Crippen LogP contribution in [0.4, 0.5) is 0 Å². The molecule has 98 valence electrons. The number of aliphatic hydroxyl groups is 1. The summed E-state index contributed by atoms with van der Waals surface area (Å²) >= 11 is 1.53. The van der Waals surface area contributed by atoms with Gasteiger partial charge in [-0.25, -0.2) is 0 Å². The van der Waals surface area contributed by atoms with E-state index in [1.165, 1.54) is 30.6 Å². The Balaban J connectivity index is 1.71. The van der Waals surface area contributed by atoms with Crippen molar-refractivity contribution in [3.05, 3.63) is 21.9 Å². The molecule has 3 nitrogen and oxygen atoms in total. The Labute approximate surface area is 111 Å². The quantitative estimate of drug-likeness (QED) is 0.880. The first-order chi connectivity index (χ1) is 8.69. The minimum atomic E-state index is 0.0316. The van der Waals surface area contributed by atoms with Crippen LogP contribution in [0.1, 0.15) is 33.8 Å². The molecule has 1 amide bonds. The molecule has 0 saturated heterocycles. The largest absolute Gasteiger partial charge is 0.396 e. The maximum Gasteiger partial charge on any atom is 0.261 e. The van der Waals surface area contributed by atoms with E-state index in [1.807, 2.05) is 19.1 Å². The molecule has 2 N–H and O–H groups in total. The summed E-state index contributed by atoms with van der Waals surface area (Å²) < 4.78 is 0. The van der Waals surface area contributed by atoms with Crippen LogP contribution < -0.4 is 5.32 Å². The summed E-state index contributed by atoms with van der Waals surface area (Å²) in [6, 6.07) is 4.05. The highest BCUT2D eigenvalue weighted by molar-refractivity contribution is 7.13. The Morgan fingerprint density at radius 1 is 1.44 bits per heavy atom. The molecule has 4 heteroatoms. The van der Waals surface area contributed by atoms with Crippen LogP contribution >= 0.6 is 11.3 Å². The fraction of sp³-hybridized carbons (Fsp3) is 0.643. The highest BCUT2D eigenvalue weighted by atomic mass is 32.1. The van der Waals surface area contributed by atoms with E-state index in [1.54, 1.807) is 0 Å². The molecule has 2 bridgehead atoms. The number of carbonyl (C=O) groups excluding carboxylic acids is 1. The minimum absolute atomic E-state index is 0.0316. The van der Waals surface area contributed by atoms with E-state index in [4.69, 9.17) is 0 Å². The predicted octanol–water partition coefficient (Wildman–Crippen LogP) is 2.19. The monoisotopic (exact) mass is 265 g/mol. The lowest BCUT2D eigenvalue weighted by Crippen LogP contribution is -2.45. The van der Waals surface area contributed by atoms with E-state index in [0.29, 0.717) is 11.8 Å². The van der Waals surface area contributed by atoms with E-state index in [0.717, 1.165) is 9.75 Å². The summed E-state index contributed by atoms with van der Waals surface area (Å²) in [7, 11) is 0. The van der Waals surface area contributed by atoms with Gasteiger partial charge in [0.05, 0.1) is 4.88 Å². The molecule has 4 unspecified atom stereocenters. The summed E-state index contributed by atoms with van der Waals surface area (Å²) in [4.78, 5) is 14.1. The van der Waals surface area contributed by atoms with Gasteiger partial charge in [0.25, 0.3) is 5.91 Å². The van der Waals surface area contributed by atoms with E-state index in [-0.39, 0.29) is 24.5 Å². The van der Waals surface area contributed by atoms with Crippen LogP contribution in [0.2, 0.25) is 0 Å². The van der Waals surface area contributed by atoms with Crippen molar-refractivity contribution in [1.82, 2.24) is 5.32 Å². The maximum atomic E-state index is 12.2. The standard InChI is InChI=1S/C14H19NO2S/c1-8-2-5-12(18-8)14(17)15-13-10-4-3-9(6-10)11(13)7-16/h2,5,9-11,13,16H,3-4,6-7H2,1H3,(H,15,17). The first-order valence-electron chi connectivity index (χ1n) is 6.67. The summed E-state index contributed by atoms with van der Waals surface area (Å²) in [6.07, 6.45) is 3.61. The van der Waals surface area contributed by atoms with Crippen molar-refractivity contribution in [2.75, 3.05) is 6.61 Å². The molecule has 1 aromatic rings. The lowest BCUT2D eigenvalue weighted by atomic mass is 9.85. The molecule has 0 radical (unpaired) electrons. The maximum absolute atomic E-state index is 12.2. The van der Waals surface area contributed by atoms with Gasteiger partial charge in [-0.2, -0.15) is 0 Å². The fourth-order valence-corrected chi connectivity index (χ4v) is 4.45. The second kappa shape index (κ2) is 4.67. The van der Waals surface area contributed by atoms with E-state index >= 15 is 0 Å². The molecule has 0 spiro atoms. The number of aliphatic hydroxyl groups excluding tert-OH is 1. The lowest BCUT2D eigenvalue weighted by molar-refractivity contribution is 0.0865. The van der Waals surface area contributed by atoms with Gasteiger partial charge in [-0.15, -0.1) is 11.3 Å². The number of nitrogens with one attached hydrogen (secondary N) is 1. The van der Waals surface area contributed by atoms with Crippen molar-refractivity contribution < 1.29 is 9.90 Å². The molecule has 1 aromatic heterocycles. The van der Waals surface area contributed by atoms with Gasteiger partial charge in [-0.1, -0.05) is 0 Å². The van der Waals surface area contributed by atoms with Gasteiger partial charge in [0.15, 0.2) is 0 Å². The molecular formula is C14H19NO2S. The van der Waals surface area contributed by atoms with Crippen molar-refractivity contribution in [2.24, 2.45) is 17.8 Å². The molecule has 2 aliphatic carbocycles. The number of carbonyl (C=O) groups is 1. The van der Waals surface area contributed by atoms with Gasteiger partial charge >= 0.3 is 0 Å². The molecule has 18 heavy (non-hydrogen) atoms. The minimum Gasteiger partial charge on any atom is -0.396 e. The van der Waals surface area contributed by atoms with Crippen molar-refractivity contribution in [3.8, 4) is 0 Å². The SMILES string of the molecule is Cc1ccc(C(=O)NC2C3CCC(C3)C2CO)s1. The van der Waals surface area contributed by atoms with Crippen molar-refractivity contribution in [2.45, 2.75) is 32.2 Å². The van der Waals surface area contributed by atoms with Crippen LogP contribution in [-0.4, -0.2) is 23.7 Å². The molecule has 0 aromatic carbocycles. The van der Waals surface area contributed by atoms with E-state index in [2.05, 4.69) is 5.32 Å². The molecule has 1 heterocycles. The van der Waals surface area contributed by atoms with Gasteiger partial charge in [0.2, 0.25) is 0 Å².